The predicted molar refractivity (Wildman–Crippen MR) is 77.2 cm³/mol. The number of pyridine rings is 1. The quantitative estimate of drug-likeness (QED) is 0.891. The van der Waals surface area contributed by atoms with E-state index in [1.165, 1.54) is 11.1 Å². The molecule has 1 unspecified atom stereocenters. The van der Waals surface area contributed by atoms with Gasteiger partial charge < -0.3 is 10.1 Å². The van der Waals surface area contributed by atoms with Crippen LogP contribution in [0.5, 0.6) is 5.75 Å². The van der Waals surface area contributed by atoms with Crippen LogP contribution in [0.3, 0.4) is 0 Å². The molecule has 0 spiro atoms. The van der Waals surface area contributed by atoms with Crippen molar-refractivity contribution in [3.8, 4) is 5.75 Å². The van der Waals surface area contributed by atoms with Crippen LogP contribution in [0.1, 0.15) is 29.8 Å². The summed E-state index contributed by atoms with van der Waals surface area (Å²) in [5.74, 6) is 0.888. The van der Waals surface area contributed by atoms with Crippen molar-refractivity contribution in [1.29, 1.82) is 0 Å². The minimum Gasteiger partial charge on any atom is -0.497 e. The van der Waals surface area contributed by atoms with Crippen LogP contribution in [-0.4, -0.2) is 12.1 Å². The highest BCUT2D eigenvalue weighted by atomic mass is 16.5. The number of nitrogens with zero attached hydrogens (tertiary/aromatic N) is 1. The van der Waals surface area contributed by atoms with Crippen LogP contribution in [0.15, 0.2) is 42.6 Å². The van der Waals surface area contributed by atoms with Crippen molar-refractivity contribution in [2.75, 3.05) is 7.11 Å². The fourth-order valence-electron chi connectivity index (χ4n) is 1.88. The number of hydrogen-bond acceptors (Lipinski definition) is 3. The molecule has 3 nitrogen and oxygen atoms in total. The highest BCUT2D eigenvalue weighted by Crippen LogP contribution is 2.17. The van der Waals surface area contributed by atoms with Crippen molar-refractivity contribution in [2.24, 2.45) is 0 Å². The number of aryl methyl sites for hydroxylation is 1. The maximum absolute atomic E-state index is 5.16. The molecule has 2 aromatic rings. The molecule has 1 aromatic carbocycles. The summed E-state index contributed by atoms with van der Waals surface area (Å²) in [7, 11) is 1.68. The number of benzene rings is 1. The van der Waals surface area contributed by atoms with E-state index in [1.54, 1.807) is 7.11 Å². The summed E-state index contributed by atoms with van der Waals surface area (Å²) in [6, 6.07) is 12.6. The van der Waals surface area contributed by atoms with Gasteiger partial charge in [0, 0.05) is 24.5 Å². The zero-order valence-electron chi connectivity index (χ0n) is 11.7. The molecule has 19 heavy (non-hydrogen) atoms. The minimum absolute atomic E-state index is 0.298. The number of aromatic nitrogens is 1. The molecule has 0 aliphatic rings. The molecule has 100 valence electrons. The third kappa shape index (κ3) is 3.80. The first-order valence-electron chi connectivity index (χ1n) is 6.48. The number of methoxy groups -OCH3 is 1. The van der Waals surface area contributed by atoms with Crippen molar-refractivity contribution >= 4 is 0 Å². The Labute approximate surface area is 114 Å². The lowest BCUT2D eigenvalue weighted by atomic mass is 10.1. The van der Waals surface area contributed by atoms with E-state index in [4.69, 9.17) is 4.74 Å². The van der Waals surface area contributed by atoms with Crippen molar-refractivity contribution in [1.82, 2.24) is 10.3 Å². The second-order valence-corrected chi connectivity index (χ2v) is 4.68. The van der Waals surface area contributed by atoms with Gasteiger partial charge in [-0.05, 0) is 43.2 Å². The molecule has 0 fully saturated rings. The molecular weight excluding hydrogens is 236 g/mol. The Kier molecular flexibility index (Phi) is 4.53. The van der Waals surface area contributed by atoms with Gasteiger partial charge in [-0.2, -0.15) is 0 Å². The van der Waals surface area contributed by atoms with Gasteiger partial charge in [0.05, 0.1) is 7.11 Å². The van der Waals surface area contributed by atoms with Crippen LogP contribution in [0.25, 0.3) is 0 Å². The van der Waals surface area contributed by atoms with Gasteiger partial charge in [0.25, 0.3) is 0 Å². The van der Waals surface area contributed by atoms with Crippen LogP contribution in [0, 0.1) is 6.92 Å². The smallest absolute Gasteiger partial charge is 0.118 e. The van der Waals surface area contributed by atoms with E-state index in [0.717, 1.165) is 18.0 Å². The Morgan fingerprint density at radius 2 is 1.89 bits per heavy atom. The van der Waals surface area contributed by atoms with E-state index >= 15 is 0 Å². The first-order chi connectivity index (χ1) is 9.19. The minimum atomic E-state index is 0.298. The van der Waals surface area contributed by atoms with E-state index < -0.39 is 0 Å². The Balaban J connectivity index is 1.93. The first-order valence-corrected chi connectivity index (χ1v) is 6.48. The van der Waals surface area contributed by atoms with E-state index in [2.05, 4.69) is 35.4 Å². The van der Waals surface area contributed by atoms with E-state index in [0.29, 0.717) is 6.04 Å². The Morgan fingerprint density at radius 3 is 2.47 bits per heavy atom. The van der Waals surface area contributed by atoms with Gasteiger partial charge in [0.15, 0.2) is 0 Å². The van der Waals surface area contributed by atoms with E-state index in [1.807, 2.05) is 31.3 Å². The van der Waals surface area contributed by atoms with Crippen molar-refractivity contribution in [2.45, 2.75) is 26.4 Å². The third-order valence-electron chi connectivity index (χ3n) is 3.20. The highest BCUT2D eigenvalue weighted by Gasteiger charge is 2.05. The summed E-state index contributed by atoms with van der Waals surface area (Å²) < 4.78 is 5.16. The molecule has 0 radical (unpaired) electrons. The summed E-state index contributed by atoms with van der Waals surface area (Å²) in [6.07, 6.45) is 1.92. The zero-order valence-corrected chi connectivity index (χ0v) is 11.7. The van der Waals surface area contributed by atoms with Gasteiger partial charge in [-0.1, -0.05) is 18.2 Å². The molecule has 0 amide bonds. The molecule has 0 saturated carbocycles. The van der Waals surface area contributed by atoms with Crippen molar-refractivity contribution in [3.63, 3.8) is 0 Å². The molecule has 0 bridgehead atoms. The van der Waals surface area contributed by atoms with Gasteiger partial charge in [0.1, 0.15) is 5.75 Å². The van der Waals surface area contributed by atoms with Gasteiger partial charge in [-0.3, -0.25) is 4.98 Å². The van der Waals surface area contributed by atoms with Gasteiger partial charge in [0.2, 0.25) is 0 Å². The summed E-state index contributed by atoms with van der Waals surface area (Å²) in [4.78, 5) is 4.30. The Hall–Kier alpha value is -1.87. The van der Waals surface area contributed by atoms with E-state index in [9.17, 15) is 0 Å². The molecule has 0 aliphatic heterocycles. The predicted octanol–water partition coefficient (Wildman–Crippen LogP) is 3.25. The molecular formula is C16H20N2O. The Morgan fingerprint density at radius 1 is 1.16 bits per heavy atom. The highest BCUT2D eigenvalue weighted by molar-refractivity contribution is 5.28. The molecule has 1 heterocycles. The van der Waals surface area contributed by atoms with Crippen LogP contribution >= 0.6 is 0 Å². The van der Waals surface area contributed by atoms with Crippen molar-refractivity contribution in [3.05, 3.63) is 59.4 Å². The normalized spacial score (nSPS) is 12.2. The molecule has 2 rings (SSSR count). The molecule has 0 saturated heterocycles. The van der Waals surface area contributed by atoms with Crippen molar-refractivity contribution < 1.29 is 4.74 Å². The maximum Gasteiger partial charge on any atom is 0.118 e. The topological polar surface area (TPSA) is 34.1 Å². The SMILES string of the molecule is COc1ccc(C(C)NCc2ccc(C)nc2)cc1. The molecule has 1 N–H and O–H groups in total. The summed E-state index contributed by atoms with van der Waals surface area (Å²) in [5.41, 5.74) is 3.50. The van der Waals surface area contributed by atoms with Crippen LogP contribution in [-0.2, 0) is 6.54 Å². The lowest BCUT2D eigenvalue weighted by Crippen LogP contribution is -2.18. The number of ether oxygens (including phenoxy) is 1. The van der Waals surface area contributed by atoms with Crippen LogP contribution in [0.4, 0.5) is 0 Å². The van der Waals surface area contributed by atoms with Gasteiger partial charge >= 0.3 is 0 Å². The standard InChI is InChI=1S/C16H20N2O/c1-12-4-5-14(10-17-12)11-18-13(2)15-6-8-16(19-3)9-7-15/h4-10,13,18H,11H2,1-3H3. The number of hydrogen-bond donors (Lipinski definition) is 1. The fourth-order valence-corrected chi connectivity index (χ4v) is 1.88. The van der Waals surface area contributed by atoms with Gasteiger partial charge in [-0.25, -0.2) is 0 Å². The molecule has 3 heteroatoms. The summed E-state index contributed by atoms with van der Waals surface area (Å²) >= 11 is 0. The van der Waals surface area contributed by atoms with Crippen LogP contribution in [0.2, 0.25) is 0 Å². The maximum atomic E-state index is 5.16. The molecule has 1 atom stereocenters. The number of nitrogens with one attached hydrogen (secondary N) is 1. The fraction of sp³-hybridized carbons (Fsp3) is 0.312. The Bertz CT molecular complexity index is 505. The number of rotatable bonds is 5. The molecule has 1 aromatic heterocycles. The largest absolute Gasteiger partial charge is 0.497 e. The zero-order chi connectivity index (χ0) is 13.7. The lowest BCUT2D eigenvalue weighted by molar-refractivity contribution is 0.414. The second-order valence-electron chi connectivity index (χ2n) is 4.68. The second kappa shape index (κ2) is 6.34. The monoisotopic (exact) mass is 256 g/mol. The van der Waals surface area contributed by atoms with Gasteiger partial charge in [-0.15, -0.1) is 0 Å². The summed E-state index contributed by atoms with van der Waals surface area (Å²) in [5, 5.41) is 3.49. The lowest BCUT2D eigenvalue weighted by Gasteiger charge is -2.14. The summed E-state index contributed by atoms with van der Waals surface area (Å²) in [6.45, 7) is 4.97. The first kappa shape index (κ1) is 13.6. The average molecular weight is 256 g/mol. The van der Waals surface area contributed by atoms with E-state index in [-0.39, 0.29) is 0 Å². The average Bonchev–Trinajstić information content (AvgIpc) is 2.46. The molecule has 0 aliphatic carbocycles. The third-order valence-corrected chi connectivity index (χ3v) is 3.20. The van der Waals surface area contributed by atoms with Crippen LogP contribution < -0.4 is 10.1 Å².